The van der Waals surface area contributed by atoms with E-state index in [1.54, 1.807) is 0 Å². The van der Waals surface area contributed by atoms with Gasteiger partial charge in [-0.1, -0.05) is 24.3 Å². The van der Waals surface area contributed by atoms with Gasteiger partial charge in [0.2, 0.25) is 0 Å². The zero-order valence-corrected chi connectivity index (χ0v) is 31.8. The number of rotatable bonds is 10. The van der Waals surface area contributed by atoms with Crippen LogP contribution in [0.4, 0.5) is 11.4 Å². The van der Waals surface area contributed by atoms with Crippen molar-refractivity contribution in [2.45, 2.75) is 0 Å². The molecule has 0 saturated carbocycles. The second-order valence-electron chi connectivity index (χ2n) is 13.8. The molecule has 2 aromatic carbocycles. The molecule has 14 heteroatoms. The molecule has 14 nitrogen and oxygen atoms in total. The van der Waals surface area contributed by atoms with E-state index in [4.69, 9.17) is 23.4 Å². The molecule has 0 unspecified atom stereocenters. The van der Waals surface area contributed by atoms with Crippen molar-refractivity contribution in [1.29, 1.82) is 0 Å². The maximum absolute atomic E-state index is 6.65. The summed E-state index contributed by atoms with van der Waals surface area (Å²) in [7, 11) is 1.98. The van der Waals surface area contributed by atoms with E-state index in [0.717, 1.165) is 144 Å². The summed E-state index contributed by atoms with van der Waals surface area (Å²) in [4.78, 5) is 9.62. The summed E-state index contributed by atoms with van der Waals surface area (Å²) in [5.74, 6) is 1.06. The Labute approximate surface area is 315 Å². The summed E-state index contributed by atoms with van der Waals surface area (Å²) in [6, 6.07) is 12.7. The predicted molar refractivity (Wildman–Crippen MR) is 213 cm³/mol. The molecule has 5 N–H and O–H groups in total. The molecular weight excluding hydrogens is 674 g/mol. The van der Waals surface area contributed by atoms with Crippen LogP contribution < -0.4 is 26.6 Å². The minimum Gasteiger partial charge on any atom is -0.452 e. The van der Waals surface area contributed by atoms with Gasteiger partial charge in [0.1, 0.15) is 5.82 Å². The lowest BCUT2D eigenvalue weighted by Gasteiger charge is -2.37. The lowest BCUT2D eigenvalue weighted by atomic mass is 10.1. The molecule has 7 rings (SSSR count). The SMILES string of the molecule is CNCCNCCNCCN1CCOCCN(/C2=C/Nc3cccc4c3oc3c(cccc34)NCCN3CCOCCN2CCOCC3)CCOCC1. The number of para-hydroxylation sites is 2. The first-order valence-electron chi connectivity index (χ1n) is 19.8. The summed E-state index contributed by atoms with van der Waals surface area (Å²) >= 11 is 0. The van der Waals surface area contributed by atoms with Crippen LogP contribution in [0.25, 0.3) is 21.9 Å². The molecule has 2 fully saturated rings. The molecule has 2 saturated heterocycles. The number of likely N-dealkylation sites (N-methyl/N-ethyl adjacent to an activating group) is 1. The average molecular weight is 738 g/mol. The van der Waals surface area contributed by atoms with Gasteiger partial charge in [-0.05, 0) is 19.2 Å². The monoisotopic (exact) mass is 737 g/mol. The Bertz CT molecular complexity index is 1500. The Morgan fingerprint density at radius 3 is 1.74 bits per heavy atom. The van der Waals surface area contributed by atoms with Crippen LogP contribution in [-0.2, 0) is 18.9 Å². The highest BCUT2D eigenvalue weighted by atomic mass is 16.5. The van der Waals surface area contributed by atoms with Gasteiger partial charge in [0.25, 0.3) is 0 Å². The van der Waals surface area contributed by atoms with E-state index in [0.29, 0.717) is 52.9 Å². The van der Waals surface area contributed by atoms with Gasteiger partial charge in [-0.3, -0.25) is 9.80 Å². The van der Waals surface area contributed by atoms with Gasteiger partial charge in [0, 0.05) is 122 Å². The quantitative estimate of drug-likeness (QED) is 0.195. The highest BCUT2D eigenvalue weighted by molar-refractivity contribution is 6.11. The van der Waals surface area contributed by atoms with Crippen LogP contribution in [0.15, 0.2) is 52.8 Å². The molecule has 0 atom stereocenters. The van der Waals surface area contributed by atoms with Gasteiger partial charge in [-0.2, -0.15) is 0 Å². The minimum absolute atomic E-state index is 0.618. The topological polar surface area (TPSA) is 123 Å². The van der Waals surface area contributed by atoms with Crippen molar-refractivity contribution in [3.63, 3.8) is 0 Å². The summed E-state index contributed by atoms with van der Waals surface area (Å²) in [5.41, 5.74) is 3.65. The summed E-state index contributed by atoms with van der Waals surface area (Å²) in [5, 5.41) is 19.7. The standard InChI is InChI=1S/C39H63N9O5/c1-40-8-9-41-10-11-42-12-14-45-16-24-49-28-20-47(21-29-50-25-17-45)37-32-44-36-7-3-5-34-33-4-2-6-35(38(33)53-39(34)36)43-13-15-46-18-26-51-30-22-48(37)23-31-52-27-19-46/h2-7,32,40-44H,8-31H2,1H3/b37-32-. The molecule has 4 bridgehead atoms. The van der Waals surface area contributed by atoms with Gasteiger partial charge >= 0.3 is 0 Å². The molecule has 3 aromatic rings. The molecular formula is C39H63N9O5. The minimum atomic E-state index is 0.618. The van der Waals surface area contributed by atoms with Crippen molar-refractivity contribution in [3.05, 3.63) is 48.4 Å². The number of ether oxygens (including phenoxy) is 4. The molecule has 294 valence electrons. The summed E-state index contributed by atoms with van der Waals surface area (Å²) in [6.45, 7) is 19.2. The Hall–Kier alpha value is -3.18. The van der Waals surface area contributed by atoms with E-state index in [1.807, 2.05) is 7.05 Å². The Kier molecular flexibility index (Phi) is 16.6. The van der Waals surface area contributed by atoms with E-state index >= 15 is 0 Å². The highest BCUT2D eigenvalue weighted by Gasteiger charge is 2.21. The molecule has 0 amide bonds. The average Bonchev–Trinajstić information content (AvgIpc) is 3.55. The fourth-order valence-electron chi connectivity index (χ4n) is 7.06. The molecule has 0 radical (unpaired) electrons. The van der Waals surface area contributed by atoms with Crippen molar-refractivity contribution in [2.75, 3.05) is 175 Å². The third-order valence-corrected chi connectivity index (χ3v) is 10.1. The summed E-state index contributed by atoms with van der Waals surface area (Å²) in [6.07, 6.45) is 2.12. The molecule has 1 aromatic heterocycles. The van der Waals surface area contributed by atoms with Crippen LogP contribution in [0, 0.1) is 0 Å². The number of hydrogen-bond donors (Lipinski definition) is 5. The Morgan fingerprint density at radius 1 is 0.585 bits per heavy atom. The van der Waals surface area contributed by atoms with Crippen molar-refractivity contribution in [3.8, 4) is 0 Å². The number of nitrogens with one attached hydrogen (secondary N) is 5. The van der Waals surface area contributed by atoms with Gasteiger partial charge in [-0.15, -0.1) is 0 Å². The van der Waals surface area contributed by atoms with Crippen molar-refractivity contribution < 1.29 is 23.4 Å². The van der Waals surface area contributed by atoms with Gasteiger partial charge in [0.05, 0.1) is 64.2 Å². The van der Waals surface area contributed by atoms with E-state index in [2.05, 4.69) is 88.8 Å². The molecule has 0 spiro atoms. The second-order valence-corrected chi connectivity index (χ2v) is 13.8. The Morgan fingerprint density at radius 2 is 1.11 bits per heavy atom. The van der Waals surface area contributed by atoms with Crippen LogP contribution in [0.5, 0.6) is 0 Å². The first kappa shape index (κ1) is 39.5. The smallest absolute Gasteiger partial charge is 0.158 e. The number of furan rings is 1. The van der Waals surface area contributed by atoms with Gasteiger partial charge in [0.15, 0.2) is 11.2 Å². The third kappa shape index (κ3) is 12.2. The normalized spacial score (nSPS) is 21.1. The van der Waals surface area contributed by atoms with Gasteiger partial charge < -0.3 is 59.7 Å². The first-order valence-corrected chi connectivity index (χ1v) is 19.8. The molecule has 0 aliphatic carbocycles. The van der Waals surface area contributed by atoms with Crippen LogP contribution in [-0.4, -0.2) is 184 Å². The Balaban J connectivity index is 1.17. The predicted octanol–water partition coefficient (Wildman–Crippen LogP) is 1.92. The molecule has 53 heavy (non-hydrogen) atoms. The molecule has 5 heterocycles. The zero-order valence-electron chi connectivity index (χ0n) is 31.8. The number of nitrogens with zero attached hydrogens (tertiary/aromatic N) is 4. The largest absolute Gasteiger partial charge is 0.452 e. The fraction of sp³-hybridized carbons (Fsp3) is 0.641. The second kappa shape index (κ2) is 22.3. The lowest BCUT2D eigenvalue weighted by molar-refractivity contribution is 0.0224. The molecule has 4 aliphatic heterocycles. The number of anilines is 2. The highest BCUT2D eigenvalue weighted by Crippen LogP contribution is 2.37. The number of hydrogen-bond acceptors (Lipinski definition) is 14. The molecule has 4 aliphatic rings. The van der Waals surface area contributed by atoms with E-state index < -0.39 is 0 Å². The van der Waals surface area contributed by atoms with Crippen LogP contribution in [0.3, 0.4) is 0 Å². The number of benzene rings is 2. The maximum Gasteiger partial charge on any atom is 0.158 e. The maximum atomic E-state index is 6.65. The van der Waals surface area contributed by atoms with Crippen LogP contribution >= 0.6 is 0 Å². The lowest BCUT2D eigenvalue weighted by Crippen LogP contribution is -2.44. The van der Waals surface area contributed by atoms with E-state index in [9.17, 15) is 0 Å². The van der Waals surface area contributed by atoms with Crippen LogP contribution in [0.1, 0.15) is 0 Å². The van der Waals surface area contributed by atoms with Crippen molar-refractivity contribution in [2.24, 2.45) is 0 Å². The van der Waals surface area contributed by atoms with Crippen LogP contribution in [0.2, 0.25) is 0 Å². The van der Waals surface area contributed by atoms with Crippen molar-refractivity contribution in [1.82, 2.24) is 35.6 Å². The van der Waals surface area contributed by atoms with E-state index in [1.165, 1.54) is 0 Å². The number of fused-ring (bicyclic) bond motifs is 12. The first-order chi connectivity index (χ1) is 26.3. The van der Waals surface area contributed by atoms with Crippen molar-refractivity contribution >= 4 is 33.3 Å². The van der Waals surface area contributed by atoms with E-state index in [-0.39, 0.29) is 0 Å². The fourth-order valence-corrected chi connectivity index (χ4v) is 7.06. The third-order valence-electron chi connectivity index (χ3n) is 10.1. The van der Waals surface area contributed by atoms with Gasteiger partial charge in [-0.25, -0.2) is 0 Å². The summed E-state index contributed by atoms with van der Waals surface area (Å²) < 4.78 is 31.7. The zero-order chi connectivity index (χ0) is 36.3.